The maximum absolute atomic E-state index is 12.1. The molecule has 1 rings (SSSR count). The molecule has 0 aromatic rings. The maximum Gasteiger partial charge on any atom is 0.225 e. The second-order valence-corrected chi connectivity index (χ2v) is 5.80. The number of amides is 1. The molecular formula is C13H22N2O. The zero-order valence-corrected chi connectivity index (χ0v) is 10.6. The van der Waals surface area contributed by atoms with Gasteiger partial charge < -0.3 is 5.32 Å². The lowest BCUT2D eigenvalue weighted by atomic mass is 9.75. The minimum atomic E-state index is -0.472. The van der Waals surface area contributed by atoms with Gasteiger partial charge >= 0.3 is 0 Å². The first-order valence-corrected chi connectivity index (χ1v) is 6.09. The van der Waals surface area contributed by atoms with Gasteiger partial charge in [0.15, 0.2) is 0 Å². The quantitative estimate of drug-likeness (QED) is 0.798. The van der Waals surface area contributed by atoms with Gasteiger partial charge in [-0.2, -0.15) is 5.26 Å². The summed E-state index contributed by atoms with van der Waals surface area (Å²) in [5.74, 6) is 0.121. The van der Waals surface area contributed by atoms with Gasteiger partial charge in [0, 0.05) is 12.0 Å². The summed E-state index contributed by atoms with van der Waals surface area (Å²) in [5.41, 5.74) is -0.676. The van der Waals surface area contributed by atoms with Crippen LogP contribution in [0.4, 0.5) is 0 Å². The van der Waals surface area contributed by atoms with Crippen molar-refractivity contribution < 1.29 is 4.79 Å². The highest BCUT2D eigenvalue weighted by Gasteiger charge is 2.35. The normalized spacial score (nSPS) is 19.9. The molecule has 1 aliphatic rings. The summed E-state index contributed by atoms with van der Waals surface area (Å²) in [6, 6.07) is 2.20. The first-order valence-electron chi connectivity index (χ1n) is 6.09. The van der Waals surface area contributed by atoms with Gasteiger partial charge in [0.2, 0.25) is 5.91 Å². The van der Waals surface area contributed by atoms with Crippen LogP contribution in [0, 0.1) is 22.2 Å². The van der Waals surface area contributed by atoms with Crippen molar-refractivity contribution in [3.05, 3.63) is 0 Å². The van der Waals surface area contributed by atoms with E-state index in [1.807, 2.05) is 20.8 Å². The van der Waals surface area contributed by atoms with Crippen molar-refractivity contribution >= 4 is 5.91 Å². The summed E-state index contributed by atoms with van der Waals surface area (Å²) in [6.45, 7) is 6.17. The average Bonchev–Trinajstić information content (AvgIpc) is 2.27. The van der Waals surface area contributed by atoms with E-state index in [1.165, 1.54) is 6.42 Å². The molecule has 1 N–H and O–H groups in total. The molecule has 1 aliphatic carbocycles. The molecule has 0 unspecified atom stereocenters. The Kier molecular flexibility index (Phi) is 3.96. The molecule has 0 aromatic carbocycles. The lowest BCUT2D eigenvalue weighted by molar-refractivity contribution is -0.132. The topological polar surface area (TPSA) is 52.9 Å². The molecule has 0 spiro atoms. The van der Waals surface area contributed by atoms with E-state index in [-0.39, 0.29) is 11.3 Å². The van der Waals surface area contributed by atoms with Crippen LogP contribution in [0.5, 0.6) is 0 Å². The number of rotatable bonds is 3. The van der Waals surface area contributed by atoms with E-state index in [0.29, 0.717) is 6.54 Å². The van der Waals surface area contributed by atoms with E-state index in [9.17, 15) is 4.79 Å². The molecule has 3 heteroatoms. The van der Waals surface area contributed by atoms with E-state index in [4.69, 9.17) is 5.26 Å². The fourth-order valence-corrected chi connectivity index (χ4v) is 2.11. The number of carbonyl (C=O) groups excluding carboxylic acids is 1. The first kappa shape index (κ1) is 13.0. The number of nitrogens with one attached hydrogen (secondary N) is 1. The number of hydrogen-bond donors (Lipinski definition) is 1. The van der Waals surface area contributed by atoms with E-state index >= 15 is 0 Å². The van der Waals surface area contributed by atoms with Crippen LogP contribution in [0.3, 0.4) is 0 Å². The average molecular weight is 222 g/mol. The molecule has 0 aliphatic heterocycles. The van der Waals surface area contributed by atoms with Gasteiger partial charge in [-0.1, -0.05) is 26.2 Å². The molecule has 0 saturated heterocycles. The molecule has 3 nitrogen and oxygen atoms in total. The van der Waals surface area contributed by atoms with Crippen LogP contribution >= 0.6 is 0 Å². The molecule has 0 radical (unpaired) electrons. The largest absolute Gasteiger partial charge is 0.354 e. The third-order valence-electron chi connectivity index (χ3n) is 3.50. The summed E-state index contributed by atoms with van der Waals surface area (Å²) in [4.78, 5) is 12.1. The van der Waals surface area contributed by atoms with Crippen LogP contribution < -0.4 is 5.32 Å². The molecule has 1 fully saturated rings. The van der Waals surface area contributed by atoms with E-state index in [0.717, 1.165) is 25.7 Å². The molecule has 0 aromatic heterocycles. The van der Waals surface area contributed by atoms with Crippen LogP contribution in [-0.4, -0.2) is 12.5 Å². The lowest BCUT2D eigenvalue weighted by Crippen LogP contribution is -2.43. The van der Waals surface area contributed by atoms with Gasteiger partial charge in [-0.05, 0) is 26.7 Å². The van der Waals surface area contributed by atoms with Gasteiger partial charge in [0.05, 0.1) is 11.5 Å². The molecule has 0 bridgehead atoms. The minimum absolute atomic E-state index is 0.121. The SMILES string of the molecule is CC(C)(C#N)CNC(=O)C1(C)CCCCC1. The zero-order chi connectivity index (χ0) is 12.2. The Labute approximate surface area is 98.2 Å². The second kappa shape index (κ2) is 4.86. The number of nitrogens with zero attached hydrogens (tertiary/aromatic N) is 1. The van der Waals surface area contributed by atoms with Crippen LogP contribution in [-0.2, 0) is 4.79 Å². The van der Waals surface area contributed by atoms with Crippen molar-refractivity contribution in [1.29, 1.82) is 5.26 Å². The van der Waals surface area contributed by atoms with Crippen LogP contribution in [0.25, 0.3) is 0 Å². The Balaban J connectivity index is 2.49. The zero-order valence-electron chi connectivity index (χ0n) is 10.6. The van der Waals surface area contributed by atoms with Crippen LogP contribution in [0.2, 0.25) is 0 Å². The second-order valence-electron chi connectivity index (χ2n) is 5.80. The predicted molar refractivity (Wildman–Crippen MR) is 63.6 cm³/mol. The van der Waals surface area contributed by atoms with Crippen molar-refractivity contribution in [3.63, 3.8) is 0 Å². The highest BCUT2D eigenvalue weighted by Crippen LogP contribution is 2.35. The number of hydrogen-bond acceptors (Lipinski definition) is 2. The van der Waals surface area contributed by atoms with E-state index in [2.05, 4.69) is 11.4 Å². The summed E-state index contributed by atoms with van der Waals surface area (Å²) in [5, 5.41) is 11.8. The Hall–Kier alpha value is -1.04. The van der Waals surface area contributed by atoms with E-state index in [1.54, 1.807) is 0 Å². The molecule has 1 amide bonds. The van der Waals surface area contributed by atoms with E-state index < -0.39 is 5.41 Å². The summed E-state index contributed by atoms with van der Waals surface area (Å²) >= 11 is 0. The molecule has 0 heterocycles. The molecule has 90 valence electrons. The van der Waals surface area contributed by atoms with Crippen molar-refractivity contribution in [2.75, 3.05) is 6.54 Å². The smallest absolute Gasteiger partial charge is 0.225 e. The standard InChI is InChI=1S/C13H22N2O/c1-12(2,9-14)10-15-11(16)13(3)7-5-4-6-8-13/h4-8,10H2,1-3H3,(H,15,16). The first-order chi connectivity index (χ1) is 7.40. The third-order valence-corrected chi connectivity index (χ3v) is 3.50. The highest BCUT2D eigenvalue weighted by atomic mass is 16.2. The minimum Gasteiger partial charge on any atom is -0.354 e. The van der Waals surface area contributed by atoms with Gasteiger partial charge in [-0.25, -0.2) is 0 Å². The summed E-state index contributed by atoms with van der Waals surface area (Å²) < 4.78 is 0. The lowest BCUT2D eigenvalue weighted by Gasteiger charge is -2.32. The van der Waals surface area contributed by atoms with Gasteiger partial charge in [-0.3, -0.25) is 4.79 Å². The Bertz CT molecular complexity index is 296. The maximum atomic E-state index is 12.1. The Morgan fingerprint density at radius 3 is 2.44 bits per heavy atom. The van der Waals surface area contributed by atoms with Crippen molar-refractivity contribution in [1.82, 2.24) is 5.32 Å². The van der Waals surface area contributed by atoms with Crippen molar-refractivity contribution in [3.8, 4) is 6.07 Å². The summed E-state index contributed by atoms with van der Waals surface area (Å²) in [6.07, 6.45) is 5.49. The number of nitriles is 1. The highest BCUT2D eigenvalue weighted by molar-refractivity contribution is 5.82. The number of carbonyl (C=O) groups is 1. The monoisotopic (exact) mass is 222 g/mol. The predicted octanol–water partition coefficient (Wildman–Crippen LogP) is 2.62. The summed E-state index contributed by atoms with van der Waals surface area (Å²) in [7, 11) is 0. The molecule has 0 atom stereocenters. The van der Waals surface area contributed by atoms with Gasteiger partial charge in [0.1, 0.15) is 0 Å². The third kappa shape index (κ3) is 3.23. The fraction of sp³-hybridized carbons (Fsp3) is 0.846. The van der Waals surface area contributed by atoms with Crippen LogP contribution in [0.1, 0.15) is 52.9 Å². The van der Waals surface area contributed by atoms with Crippen molar-refractivity contribution in [2.24, 2.45) is 10.8 Å². The molecule has 16 heavy (non-hydrogen) atoms. The Morgan fingerprint density at radius 1 is 1.38 bits per heavy atom. The van der Waals surface area contributed by atoms with Gasteiger partial charge in [-0.15, -0.1) is 0 Å². The van der Waals surface area contributed by atoms with Crippen molar-refractivity contribution in [2.45, 2.75) is 52.9 Å². The van der Waals surface area contributed by atoms with Crippen LogP contribution in [0.15, 0.2) is 0 Å². The molecule has 1 saturated carbocycles. The Morgan fingerprint density at radius 2 is 1.94 bits per heavy atom. The molecular weight excluding hydrogens is 200 g/mol. The fourth-order valence-electron chi connectivity index (χ4n) is 2.11. The van der Waals surface area contributed by atoms with Gasteiger partial charge in [0.25, 0.3) is 0 Å².